The van der Waals surface area contributed by atoms with E-state index in [0.29, 0.717) is 16.5 Å². The monoisotopic (exact) mass is 159 g/mol. The molecule has 0 atom stereocenters. The van der Waals surface area contributed by atoms with E-state index in [1.807, 2.05) is 6.07 Å². The van der Waals surface area contributed by atoms with Crippen LogP contribution in [-0.4, -0.2) is 14.9 Å². The van der Waals surface area contributed by atoms with Crippen LogP contribution in [0.5, 0.6) is 0 Å². The van der Waals surface area contributed by atoms with Crippen LogP contribution in [0.25, 0.3) is 10.9 Å². The molecule has 2 heterocycles. The second kappa shape index (κ2) is 2.24. The summed E-state index contributed by atoms with van der Waals surface area (Å²) in [7, 11) is 0. The molecule has 0 fully saturated rings. The zero-order valence-corrected chi connectivity index (χ0v) is 6.10. The van der Waals surface area contributed by atoms with Crippen LogP contribution in [0.15, 0.2) is 24.7 Å². The van der Waals surface area contributed by atoms with Gasteiger partial charge in [-0.1, -0.05) is 0 Å². The largest absolute Gasteiger partial charge is 0.428 e. The van der Waals surface area contributed by atoms with E-state index in [-0.39, 0.29) is 0 Å². The summed E-state index contributed by atoms with van der Waals surface area (Å²) in [6, 6.07) is 3.62. The Morgan fingerprint density at radius 2 is 2.42 bits per heavy atom. The van der Waals surface area contributed by atoms with Gasteiger partial charge in [-0.2, -0.15) is 9.99 Å². The van der Waals surface area contributed by atoms with Crippen molar-refractivity contribution in [2.75, 3.05) is 0 Å². The Morgan fingerprint density at radius 1 is 1.58 bits per heavy atom. The third kappa shape index (κ3) is 0.736. The van der Waals surface area contributed by atoms with Gasteiger partial charge in [0.2, 0.25) is 0 Å². The van der Waals surface area contributed by atoms with Crippen molar-refractivity contribution in [3.05, 3.63) is 30.2 Å². The van der Waals surface area contributed by atoms with Gasteiger partial charge in [-0.25, -0.2) is 0 Å². The lowest BCUT2D eigenvalue weighted by Crippen LogP contribution is -1.84. The molecule has 0 spiro atoms. The quantitative estimate of drug-likeness (QED) is 0.586. The maximum Gasteiger partial charge on any atom is 0.102 e. The number of hydrogen-bond acceptors (Lipinski definition) is 3. The average Bonchev–Trinajstić information content (AvgIpc) is 2.44. The summed E-state index contributed by atoms with van der Waals surface area (Å²) < 4.78 is 0.926. The van der Waals surface area contributed by atoms with E-state index in [9.17, 15) is 5.21 Å². The van der Waals surface area contributed by atoms with E-state index in [0.717, 1.165) is 4.73 Å². The Kier molecular flexibility index (Phi) is 1.25. The SMILES string of the molecule is N#Cc1cn(O)c2ccncc12. The Morgan fingerprint density at radius 3 is 3.17 bits per heavy atom. The topological polar surface area (TPSA) is 61.8 Å². The molecular formula is C8H5N3O. The fraction of sp³-hybridized carbons (Fsp3) is 0. The van der Waals surface area contributed by atoms with Gasteiger partial charge in [0.1, 0.15) is 6.07 Å². The minimum absolute atomic E-state index is 0.431. The number of nitriles is 1. The zero-order chi connectivity index (χ0) is 8.55. The van der Waals surface area contributed by atoms with Crippen molar-refractivity contribution >= 4 is 10.9 Å². The second-order valence-electron chi connectivity index (χ2n) is 2.39. The van der Waals surface area contributed by atoms with Crippen molar-refractivity contribution in [1.29, 1.82) is 5.26 Å². The number of fused-ring (bicyclic) bond motifs is 1. The summed E-state index contributed by atoms with van der Waals surface area (Å²) >= 11 is 0. The molecule has 2 rings (SSSR count). The number of rotatable bonds is 0. The average molecular weight is 159 g/mol. The molecule has 0 bridgehead atoms. The number of pyridine rings is 1. The van der Waals surface area contributed by atoms with Crippen molar-refractivity contribution in [2.24, 2.45) is 0 Å². The van der Waals surface area contributed by atoms with Crippen molar-refractivity contribution < 1.29 is 5.21 Å². The lowest BCUT2D eigenvalue weighted by atomic mass is 10.2. The standard InChI is InChI=1S/C8H5N3O/c9-3-6-5-11(12)8-1-2-10-4-7(6)8/h1-2,4-5,12H. The minimum atomic E-state index is 0.431. The van der Waals surface area contributed by atoms with E-state index in [1.165, 1.54) is 6.20 Å². The first-order chi connectivity index (χ1) is 5.83. The lowest BCUT2D eigenvalue weighted by Gasteiger charge is -1.90. The molecule has 12 heavy (non-hydrogen) atoms. The smallest absolute Gasteiger partial charge is 0.102 e. The Balaban J connectivity index is 2.94. The van der Waals surface area contributed by atoms with Gasteiger partial charge in [0.15, 0.2) is 0 Å². The van der Waals surface area contributed by atoms with Crippen LogP contribution in [0, 0.1) is 11.3 Å². The summed E-state index contributed by atoms with van der Waals surface area (Å²) in [4.78, 5) is 3.86. The first kappa shape index (κ1) is 6.68. The summed E-state index contributed by atoms with van der Waals surface area (Å²) in [5.41, 5.74) is 1.03. The fourth-order valence-electron chi connectivity index (χ4n) is 1.14. The summed E-state index contributed by atoms with van der Waals surface area (Å²) in [6.45, 7) is 0. The first-order valence-corrected chi connectivity index (χ1v) is 3.37. The second-order valence-corrected chi connectivity index (χ2v) is 2.39. The third-order valence-electron chi connectivity index (χ3n) is 1.71. The molecule has 0 aliphatic carbocycles. The van der Waals surface area contributed by atoms with Gasteiger partial charge in [0.25, 0.3) is 0 Å². The normalized spacial score (nSPS) is 9.92. The van der Waals surface area contributed by atoms with Crippen LogP contribution >= 0.6 is 0 Å². The Labute approximate surface area is 68.3 Å². The molecule has 0 amide bonds. The van der Waals surface area contributed by atoms with Crippen LogP contribution in [0.1, 0.15) is 5.56 Å². The third-order valence-corrected chi connectivity index (χ3v) is 1.71. The molecule has 2 aromatic heterocycles. The molecule has 0 saturated carbocycles. The van der Waals surface area contributed by atoms with Gasteiger partial charge in [-0.15, -0.1) is 0 Å². The maximum atomic E-state index is 9.26. The summed E-state index contributed by atoms with van der Waals surface area (Å²) in [5, 5.41) is 18.6. The van der Waals surface area contributed by atoms with Gasteiger partial charge >= 0.3 is 0 Å². The van der Waals surface area contributed by atoms with Gasteiger partial charge in [0, 0.05) is 17.8 Å². The molecule has 2 aromatic rings. The highest BCUT2D eigenvalue weighted by Crippen LogP contribution is 2.17. The van der Waals surface area contributed by atoms with Crippen molar-refractivity contribution in [3.8, 4) is 6.07 Å². The van der Waals surface area contributed by atoms with E-state index in [2.05, 4.69) is 4.98 Å². The molecule has 0 saturated heterocycles. The highest BCUT2D eigenvalue weighted by Gasteiger charge is 2.05. The molecule has 4 nitrogen and oxygen atoms in total. The molecule has 4 heteroatoms. The highest BCUT2D eigenvalue weighted by molar-refractivity contribution is 5.84. The zero-order valence-electron chi connectivity index (χ0n) is 6.10. The molecule has 0 unspecified atom stereocenters. The first-order valence-electron chi connectivity index (χ1n) is 3.37. The maximum absolute atomic E-state index is 9.26. The number of hydrogen-bond donors (Lipinski definition) is 1. The Bertz CT molecular complexity index is 467. The molecule has 0 aliphatic heterocycles. The molecular weight excluding hydrogens is 154 g/mol. The van der Waals surface area contributed by atoms with Crippen molar-refractivity contribution in [2.45, 2.75) is 0 Å². The molecule has 58 valence electrons. The lowest BCUT2D eigenvalue weighted by molar-refractivity contribution is 0.200. The van der Waals surface area contributed by atoms with Crippen molar-refractivity contribution in [3.63, 3.8) is 0 Å². The Hall–Kier alpha value is -2.02. The van der Waals surface area contributed by atoms with E-state index in [1.54, 1.807) is 18.5 Å². The molecule has 0 aromatic carbocycles. The van der Waals surface area contributed by atoms with Crippen LogP contribution in [0.4, 0.5) is 0 Å². The molecule has 0 aliphatic rings. The van der Waals surface area contributed by atoms with Gasteiger partial charge in [-0.3, -0.25) is 4.98 Å². The van der Waals surface area contributed by atoms with Crippen molar-refractivity contribution in [1.82, 2.24) is 9.71 Å². The summed E-state index contributed by atoms with van der Waals surface area (Å²) in [6.07, 6.45) is 4.49. The molecule has 1 N–H and O–H groups in total. The van der Waals surface area contributed by atoms with E-state index in [4.69, 9.17) is 5.26 Å². The number of nitrogens with zero attached hydrogens (tertiary/aromatic N) is 3. The van der Waals surface area contributed by atoms with Gasteiger partial charge < -0.3 is 5.21 Å². The number of aromatic nitrogens is 2. The van der Waals surface area contributed by atoms with Crippen LogP contribution in [0.3, 0.4) is 0 Å². The van der Waals surface area contributed by atoms with Gasteiger partial charge in [0.05, 0.1) is 17.3 Å². The molecule has 0 radical (unpaired) electrons. The highest BCUT2D eigenvalue weighted by atomic mass is 16.5. The van der Waals surface area contributed by atoms with Crippen LogP contribution < -0.4 is 0 Å². The summed E-state index contributed by atoms with van der Waals surface area (Å²) in [5.74, 6) is 0. The van der Waals surface area contributed by atoms with E-state index >= 15 is 0 Å². The predicted octanol–water partition coefficient (Wildman–Crippen LogP) is 1.15. The van der Waals surface area contributed by atoms with Crippen LogP contribution in [0.2, 0.25) is 0 Å². The van der Waals surface area contributed by atoms with Crippen LogP contribution in [-0.2, 0) is 0 Å². The van der Waals surface area contributed by atoms with Gasteiger partial charge in [-0.05, 0) is 6.07 Å². The fourth-order valence-corrected chi connectivity index (χ4v) is 1.14. The minimum Gasteiger partial charge on any atom is -0.428 e. The van der Waals surface area contributed by atoms with E-state index < -0.39 is 0 Å². The predicted molar refractivity (Wildman–Crippen MR) is 41.6 cm³/mol.